The topological polar surface area (TPSA) is 125 Å². The fourth-order valence-electron chi connectivity index (χ4n) is 4.86. The van der Waals surface area contributed by atoms with Gasteiger partial charge in [0.05, 0.1) is 28.6 Å². The highest BCUT2D eigenvalue weighted by Gasteiger charge is 2.21. The molecule has 6 aromatic rings. The lowest BCUT2D eigenvalue weighted by atomic mass is 10.1. The molecule has 9 nitrogen and oxygen atoms in total. The first-order valence-corrected chi connectivity index (χ1v) is 12.2. The van der Waals surface area contributed by atoms with Crippen LogP contribution in [0.3, 0.4) is 0 Å². The molecule has 0 atom stereocenters. The van der Waals surface area contributed by atoms with Gasteiger partial charge in [-0.05, 0) is 42.7 Å². The average molecular weight is 504 g/mol. The van der Waals surface area contributed by atoms with Gasteiger partial charge in [0.15, 0.2) is 5.65 Å². The monoisotopic (exact) mass is 503 g/mol. The second kappa shape index (κ2) is 9.20. The highest BCUT2D eigenvalue weighted by atomic mass is 16.3. The van der Waals surface area contributed by atoms with Crippen molar-refractivity contribution in [1.82, 2.24) is 29.3 Å². The van der Waals surface area contributed by atoms with E-state index >= 15 is 0 Å². The predicted octanol–water partition coefficient (Wildman–Crippen LogP) is 3.93. The lowest BCUT2D eigenvalue weighted by molar-refractivity contribution is 0.282. The number of aryl methyl sites for hydroxylation is 2. The Hall–Kier alpha value is -4.89. The van der Waals surface area contributed by atoms with E-state index in [0.717, 1.165) is 27.9 Å². The van der Waals surface area contributed by atoms with Crippen LogP contribution in [-0.4, -0.2) is 34.4 Å². The van der Waals surface area contributed by atoms with Gasteiger partial charge in [-0.2, -0.15) is 5.10 Å². The minimum absolute atomic E-state index is 0.0513. The smallest absolute Gasteiger partial charge is 0.266 e. The molecule has 38 heavy (non-hydrogen) atoms. The van der Waals surface area contributed by atoms with Crippen LogP contribution in [0.1, 0.15) is 22.5 Å². The molecule has 6 rings (SSSR count). The molecule has 3 aromatic carbocycles. The number of nitrogen functional groups attached to an aromatic ring is 1. The van der Waals surface area contributed by atoms with E-state index in [-0.39, 0.29) is 18.7 Å². The van der Waals surface area contributed by atoms with Gasteiger partial charge in [-0.15, -0.1) is 0 Å². The number of para-hydroxylation sites is 1. The van der Waals surface area contributed by atoms with E-state index in [2.05, 4.69) is 9.97 Å². The van der Waals surface area contributed by atoms with E-state index in [1.165, 1.54) is 6.33 Å². The number of anilines is 1. The average Bonchev–Trinajstić information content (AvgIpc) is 3.29. The maximum absolute atomic E-state index is 13.9. The number of hydrogen-bond donors (Lipinski definition) is 2. The van der Waals surface area contributed by atoms with Crippen molar-refractivity contribution in [2.75, 3.05) is 5.73 Å². The number of benzene rings is 3. The third-order valence-electron chi connectivity index (χ3n) is 6.79. The Kier molecular flexibility index (Phi) is 5.69. The minimum Gasteiger partial charge on any atom is -0.392 e. The molecule has 0 amide bonds. The maximum atomic E-state index is 13.9. The highest BCUT2D eigenvalue weighted by Crippen LogP contribution is 2.31. The molecule has 3 heterocycles. The Labute approximate surface area is 217 Å². The van der Waals surface area contributed by atoms with Crippen LogP contribution < -0.4 is 11.3 Å². The van der Waals surface area contributed by atoms with Crippen LogP contribution in [0.25, 0.3) is 38.9 Å². The van der Waals surface area contributed by atoms with E-state index in [9.17, 15) is 9.90 Å². The minimum atomic E-state index is -0.136. The zero-order valence-electron chi connectivity index (χ0n) is 21.0. The zero-order chi connectivity index (χ0) is 26.4. The van der Waals surface area contributed by atoms with Crippen molar-refractivity contribution in [3.8, 4) is 16.9 Å². The molecule has 188 valence electrons. The first-order valence-electron chi connectivity index (χ1n) is 12.2. The van der Waals surface area contributed by atoms with E-state index < -0.39 is 0 Å². The van der Waals surface area contributed by atoms with Gasteiger partial charge in [-0.3, -0.25) is 9.36 Å². The number of hydrogen-bond acceptors (Lipinski definition) is 7. The third-order valence-corrected chi connectivity index (χ3v) is 6.79. The second-order valence-electron chi connectivity index (χ2n) is 9.24. The fraction of sp³-hybridized carbons (Fsp3) is 0.138. The van der Waals surface area contributed by atoms with Crippen LogP contribution in [0.15, 0.2) is 77.9 Å². The standard InChI is InChI=1S/C29H25N7O2/c1-17-6-3-4-9-22(17)36-23(33-21-8-5-7-18(2)24(21)29(36)38)14-35-28-25(27(30)31-16-32-28)26(34-35)20-12-10-19(15-37)11-13-20/h3-13,16,37H,14-15H2,1-2H3,(H2,30,31,32). The van der Waals surface area contributed by atoms with Gasteiger partial charge in [0.1, 0.15) is 30.2 Å². The molecule has 3 N–H and O–H groups in total. The summed E-state index contributed by atoms with van der Waals surface area (Å²) < 4.78 is 3.37. The summed E-state index contributed by atoms with van der Waals surface area (Å²) in [7, 11) is 0. The fourth-order valence-corrected chi connectivity index (χ4v) is 4.86. The number of aliphatic hydroxyl groups excluding tert-OH is 1. The SMILES string of the molecule is Cc1ccccc1-n1c(Cn2nc(-c3ccc(CO)cc3)c3c(N)ncnc32)nc2cccc(C)c2c1=O. The summed E-state index contributed by atoms with van der Waals surface area (Å²) >= 11 is 0. The van der Waals surface area contributed by atoms with Gasteiger partial charge in [-0.1, -0.05) is 54.6 Å². The van der Waals surface area contributed by atoms with Gasteiger partial charge in [0.25, 0.3) is 5.56 Å². The van der Waals surface area contributed by atoms with Gasteiger partial charge in [0, 0.05) is 5.56 Å². The molecule has 0 unspecified atom stereocenters. The molecule has 0 fully saturated rings. The third kappa shape index (κ3) is 3.80. The number of aliphatic hydroxyl groups is 1. The van der Waals surface area contributed by atoms with Crippen LogP contribution in [-0.2, 0) is 13.2 Å². The quantitative estimate of drug-likeness (QED) is 0.365. The van der Waals surface area contributed by atoms with Gasteiger partial charge in [0.2, 0.25) is 0 Å². The second-order valence-corrected chi connectivity index (χ2v) is 9.24. The molecule has 0 radical (unpaired) electrons. The van der Waals surface area contributed by atoms with Crippen LogP contribution in [0.5, 0.6) is 0 Å². The number of nitrogens with two attached hydrogens (primary N) is 1. The highest BCUT2D eigenvalue weighted by molar-refractivity contribution is 5.98. The molecular weight excluding hydrogens is 478 g/mol. The number of rotatable bonds is 5. The maximum Gasteiger partial charge on any atom is 0.266 e. The summed E-state index contributed by atoms with van der Waals surface area (Å²) in [6.45, 7) is 4.01. The largest absolute Gasteiger partial charge is 0.392 e. The Morgan fingerprint density at radius 3 is 2.42 bits per heavy atom. The predicted molar refractivity (Wildman–Crippen MR) is 147 cm³/mol. The van der Waals surface area contributed by atoms with Crippen LogP contribution in [0.2, 0.25) is 0 Å². The van der Waals surface area contributed by atoms with Crippen LogP contribution in [0.4, 0.5) is 5.82 Å². The molecule has 0 aliphatic carbocycles. The zero-order valence-corrected chi connectivity index (χ0v) is 21.0. The van der Waals surface area contributed by atoms with Crippen molar-refractivity contribution < 1.29 is 5.11 Å². The first kappa shape index (κ1) is 23.5. The van der Waals surface area contributed by atoms with E-state index in [1.54, 1.807) is 9.25 Å². The summed E-state index contributed by atoms with van der Waals surface area (Å²) in [6.07, 6.45) is 1.40. The summed E-state index contributed by atoms with van der Waals surface area (Å²) in [6, 6.07) is 20.8. The number of aromatic nitrogens is 6. The van der Waals surface area contributed by atoms with E-state index in [1.807, 2.05) is 80.6 Å². The molecule has 0 aliphatic heterocycles. The van der Waals surface area contributed by atoms with Crippen LogP contribution in [0, 0.1) is 13.8 Å². The molecule has 0 saturated heterocycles. The molecule has 3 aromatic heterocycles. The molecule has 0 bridgehead atoms. The molecule has 9 heteroatoms. The Balaban J connectivity index is 1.60. The van der Waals surface area contributed by atoms with Crippen molar-refractivity contribution in [2.45, 2.75) is 27.0 Å². The summed E-state index contributed by atoms with van der Waals surface area (Å²) in [4.78, 5) is 27.6. The summed E-state index contributed by atoms with van der Waals surface area (Å²) in [5.74, 6) is 0.826. The first-order chi connectivity index (χ1) is 18.5. The van der Waals surface area contributed by atoms with Crippen LogP contribution >= 0.6 is 0 Å². The van der Waals surface area contributed by atoms with Gasteiger partial charge >= 0.3 is 0 Å². The van der Waals surface area contributed by atoms with E-state index in [4.69, 9.17) is 15.8 Å². The lowest BCUT2D eigenvalue weighted by Crippen LogP contribution is -2.26. The Bertz CT molecular complexity index is 1890. The number of nitrogens with zero attached hydrogens (tertiary/aromatic N) is 6. The molecule has 0 spiro atoms. The van der Waals surface area contributed by atoms with Crippen molar-refractivity contribution >= 4 is 27.8 Å². The van der Waals surface area contributed by atoms with Gasteiger partial charge < -0.3 is 10.8 Å². The Morgan fingerprint density at radius 1 is 0.895 bits per heavy atom. The van der Waals surface area contributed by atoms with Crippen molar-refractivity contribution in [2.24, 2.45) is 0 Å². The molecule has 0 saturated carbocycles. The lowest BCUT2D eigenvalue weighted by Gasteiger charge is -2.16. The Morgan fingerprint density at radius 2 is 1.66 bits per heavy atom. The molecular formula is C29H25N7O2. The van der Waals surface area contributed by atoms with Gasteiger partial charge in [-0.25, -0.2) is 19.6 Å². The summed E-state index contributed by atoms with van der Waals surface area (Å²) in [5.41, 5.74) is 12.1. The summed E-state index contributed by atoms with van der Waals surface area (Å²) in [5, 5.41) is 15.5. The normalized spacial score (nSPS) is 11.4. The molecule has 0 aliphatic rings. The van der Waals surface area contributed by atoms with E-state index in [0.29, 0.717) is 39.3 Å². The number of fused-ring (bicyclic) bond motifs is 2. The van der Waals surface area contributed by atoms with Crippen molar-refractivity contribution in [3.63, 3.8) is 0 Å². The van der Waals surface area contributed by atoms with Crippen molar-refractivity contribution in [1.29, 1.82) is 0 Å². The van der Waals surface area contributed by atoms with Crippen molar-refractivity contribution in [3.05, 3.63) is 106 Å².